The highest BCUT2D eigenvalue weighted by Gasteiger charge is 2.43. The summed E-state index contributed by atoms with van der Waals surface area (Å²) in [6.07, 6.45) is 4.43. The molecule has 0 spiro atoms. The van der Waals surface area contributed by atoms with Crippen LogP contribution in [0.25, 0.3) is 0 Å². The van der Waals surface area contributed by atoms with Crippen LogP contribution in [0.5, 0.6) is 0 Å². The maximum Gasteiger partial charge on any atom is 0.258 e. The predicted molar refractivity (Wildman–Crippen MR) is 106 cm³/mol. The van der Waals surface area contributed by atoms with E-state index < -0.39 is 0 Å². The molecule has 0 aliphatic heterocycles. The van der Waals surface area contributed by atoms with Gasteiger partial charge in [0.05, 0.1) is 16.3 Å². The average molecular weight is 398 g/mol. The van der Waals surface area contributed by atoms with Gasteiger partial charge in [-0.15, -0.1) is 0 Å². The summed E-state index contributed by atoms with van der Waals surface area (Å²) in [6.45, 7) is 0. The van der Waals surface area contributed by atoms with E-state index in [0.717, 1.165) is 12.8 Å². The van der Waals surface area contributed by atoms with Crippen LogP contribution in [0.15, 0.2) is 42.6 Å². The normalized spacial score (nSPS) is 23.3. The van der Waals surface area contributed by atoms with Gasteiger partial charge in [0.2, 0.25) is 5.91 Å². The van der Waals surface area contributed by atoms with Gasteiger partial charge in [-0.1, -0.05) is 23.7 Å². The second-order valence-electron chi connectivity index (χ2n) is 7.39. The molecule has 2 aliphatic carbocycles. The van der Waals surface area contributed by atoms with Gasteiger partial charge in [-0.2, -0.15) is 0 Å². The first-order valence-corrected chi connectivity index (χ1v) is 9.75. The number of aromatic nitrogens is 1. The second kappa shape index (κ2) is 7.72. The van der Waals surface area contributed by atoms with Gasteiger partial charge in [-0.3, -0.25) is 14.4 Å². The molecule has 1 aromatic heterocycles. The summed E-state index contributed by atoms with van der Waals surface area (Å²) in [5, 5.41) is 6.07. The highest BCUT2D eigenvalue weighted by Crippen LogP contribution is 2.42. The molecule has 28 heavy (non-hydrogen) atoms. The summed E-state index contributed by atoms with van der Waals surface area (Å²) in [5.74, 6) is 0.0355. The summed E-state index contributed by atoms with van der Waals surface area (Å²) < 4.78 is 0. The fourth-order valence-corrected chi connectivity index (χ4v) is 4.26. The van der Waals surface area contributed by atoms with E-state index in [2.05, 4.69) is 15.6 Å². The van der Waals surface area contributed by atoms with Gasteiger partial charge in [0.1, 0.15) is 11.6 Å². The molecule has 1 heterocycles. The number of ketones is 1. The lowest BCUT2D eigenvalue weighted by atomic mass is 9.79. The maximum atomic E-state index is 12.8. The van der Waals surface area contributed by atoms with Crippen LogP contribution < -0.4 is 10.6 Å². The smallest absolute Gasteiger partial charge is 0.258 e. The molecule has 2 N–H and O–H groups in total. The molecule has 3 atom stereocenters. The van der Waals surface area contributed by atoms with Crippen molar-refractivity contribution in [1.82, 2.24) is 4.98 Å². The van der Waals surface area contributed by atoms with Crippen LogP contribution >= 0.6 is 11.6 Å². The van der Waals surface area contributed by atoms with Gasteiger partial charge in [-0.05, 0) is 49.9 Å². The number of rotatable bonds is 4. The van der Waals surface area contributed by atoms with Crippen molar-refractivity contribution in [3.05, 3.63) is 53.2 Å². The van der Waals surface area contributed by atoms with Gasteiger partial charge in [0.15, 0.2) is 0 Å². The fourth-order valence-electron chi connectivity index (χ4n) is 4.14. The maximum absolute atomic E-state index is 12.8. The van der Waals surface area contributed by atoms with Gasteiger partial charge >= 0.3 is 0 Å². The quantitative estimate of drug-likeness (QED) is 0.818. The van der Waals surface area contributed by atoms with Crippen LogP contribution in [-0.2, 0) is 9.59 Å². The van der Waals surface area contributed by atoms with Gasteiger partial charge < -0.3 is 10.6 Å². The largest absolute Gasteiger partial charge is 0.325 e. The van der Waals surface area contributed by atoms with Crippen LogP contribution in [0.2, 0.25) is 5.02 Å². The molecule has 2 aliphatic rings. The minimum Gasteiger partial charge on any atom is -0.325 e. The van der Waals surface area contributed by atoms with Crippen molar-refractivity contribution in [2.75, 3.05) is 10.6 Å². The van der Waals surface area contributed by atoms with E-state index in [0.29, 0.717) is 40.7 Å². The Morgan fingerprint density at radius 1 is 1.00 bits per heavy atom. The van der Waals surface area contributed by atoms with Gasteiger partial charge in [0.25, 0.3) is 5.91 Å². The number of hydrogen-bond acceptors (Lipinski definition) is 4. The molecule has 144 valence electrons. The lowest BCUT2D eigenvalue weighted by Gasteiger charge is -2.26. The van der Waals surface area contributed by atoms with E-state index >= 15 is 0 Å². The number of pyridine rings is 1. The molecule has 7 heteroatoms. The molecule has 4 rings (SSSR count). The molecule has 0 saturated heterocycles. The van der Waals surface area contributed by atoms with Crippen molar-refractivity contribution in [1.29, 1.82) is 0 Å². The Kier molecular flexibility index (Phi) is 5.13. The summed E-state index contributed by atoms with van der Waals surface area (Å²) >= 11 is 5.81. The number of hydrogen-bond donors (Lipinski definition) is 2. The van der Waals surface area contributed by atoms with E-state index in [1.807, 2.05) is 0 Å². The molecule has 2 saturated carbocycles. The van der Waals surface area contributed by atoms with Crippen LogP contribution in [0.4, 0.5) is 11.5 Å². The zero-order chi connectivity index (χ0) is 19.7. The minimum atomic E-state index is -0.371. The summed E-state index contributed by atoms with van der Waals surface area (Å²) in [6, 6.07) is 10.1. The first-order valence-electron chi connectivity index (χ1n) is 9.38. The molecular formula is C21H20ClN3O3. The monoisotopic (exact) mass is 397 g/mol. The third-order valence-corrected chi connectivity index (χ3v) is 5.80. The first kappa shape index (κ1) is 18.6. The molecular weight excluding hydrogens is 378 g/mol. The van der Waals surface area contributed by atoms with Crippen LogP contribution in [-0.4, -0.2) is 22.6 Å². The predicted octanol–water partition coefficient (Wildman–Crippen LogP) is 3.93. The number of fused-ring (bicyclic) bond motifs is 2. The zero-order valence-electron chi connectivity index (χ0n) is 15.2. The number of nitrogens with one attached hydrogen (secondary N) is 2. The highest BCUT2D eigenvalue weighted by atomic mass is 35.5. The SMILES string of the molecule is O=C(Nc1ccc(Cl)cn1)c1ccccc1NC(=O)C1C[C@H]2CC[C@@H](C1)C2=O. The van der Waals surface area contributed by atoms with E-state index in [4.69, 9.17) is 11.6 Å². The number of carbonyl (C=O) groups is 3. The van der Waals surface area contributed by atoms with Gasteiger partial charge in [0, 0.05) is 24.0 Å². The van der Waals surface area contributed by atoms with Crippen LogP contribution in [0.1, 0.15) is 36.0 Å². The van der Waals surface area contributed by atoms with Crippen molar-refractivity contribution < 1.29 is 14.4 Å². The molecule has 2 aromatic rings. The molecule has 2 fully saturated rings. The Labute approximate surface area is 167 Å². The fraction of sp³-hybridized carbons (Fsp3) is 0.333. The Bertz CT molecular complexity index is 913. The third-order valence-electron chi connectivity index (χ3n) is 5.58. The van der Waals surface area contributed by atoms with Crippen molar-refractivity contribution in [2.24, 2.45) is 17.8 Å². The minimum absolute atomic E-state index is 0.0176. The molecule has 1 aromatic carbocycles. The molecule has 6 nitrogen and oxygen atoms in total. The lowest BCUT2D eigenvalue weighted by Crippen LogP contribution is -2.33. The van der Waals surface area contributed by atoms with E-state index in [1.54, 1.807) is 36.4 Å². The number of nitrogens with zero attached hydrogens (tertiary/aromatic N) is 1. The van der Waals surface area contributed by atoms with Crippen LogP contribution in [0, 0.1) is 17.8 Å². The van der Waals surface area contributed by atoms with Crippen LogP contribution in [0.3, 0.4) is 0 Å². The number of Topliss-reactive ketones (excluding diaryl/α,β-unsaturated/α-hetero) is 1. The summed E-state index contributed by atoms with van der Waals surface area (Å²) in [7, 11) is 0. The first-order chi connectivity index (χ1) is 13.5. The number of amides is 2. The number of para-hydroxylation sites is 1. The molecule has 2 bridgehead atoms. The highest BCUT2D eigenvalue weighted by molar-refractivity contribution is 6.30. The Hall–Kier alpha value is -2.73. The van der Waals surface area contributed by atoms with Crippen molar-refractivity contribution in [3.8, 4) is 0 Å². The van der Waals surface area contributed by atoms with E-state index in [-0.39, 0.29) is 29.6 Å². The van der Waals surface area contributed by atoms with Crippen molar-refractivity contribution in [3.63, 3.8) is 0 Å². The molecule has 0 radical (unpaired) electrons. The summed E-state index contributed by atoms with van der Waals surface area (Å²) in [5.41, 5.74) is 0.797. The number of anilines is 2. The number of benzene rings is 1. The topological polar surface area (TPSA) is 88.2 Å². The number of carbonyl (C=O) groups excluding carboxylic acids is 3. The Balaban J connectivity index is 1.47. The lowest BCUT2D eigenvalue weighted by molar-refractivity contribution is -0.130. The van der Waals surface area contributed by atoms with Crippen molar-refractivity contribution in [2.45, 2.75) is 25.7 Å². The Morgan fingerprint density at radius 2 is 1.71 bits per heavy atom. The standard InChI is InChI=1S/C21H20ClN3O3/c22-15-7-8-18(23-11-15)25-21(28)16-3-1-2-4-17(16)24-20(27)14-9-12-5-6-13(10-14)19(12)26/h1-4,7-8,11-14H,5-6,9-10H2,(H,24,27)(H,23,25,28)/t12-,13+,14?. The van der Waals surface area contributed by atoms with E-state index in [9.17, 15) is 14.4 Å². The third kappa shape index (κ3) is 3.78. The van der Waals surface area contributed by atoms with Gasteiger partial charge in [-0.25, -0.2) is 4.98 Å². The molecule has 2 amide bonds. The molecule has 1 unspecified atom stereocenters. The average Bonchev–Trinajstić information content (AvgIpc) is 2.90. The summed E-state index contributed by atoms with van der Waals surface area (Å²) in [4.78, 5) is 41.5. The Morgan fingerprint density at radius 3 is 2.39 bits per heavy atom. The second-order valence-corrected chi connectivity index (χ2v) is 7.83. The van der Waals surface area contributed by atoms with E-state index in [1.165, 1.54) is 6.20 Å². The zero-order valence-corrected chi connectivity index (χ0v) is 15.9. The number of halogens is 1. The van der Waals surface area contributed by atoms with Crippen molar-refractivity contribution >= 4 is 40.7 Å².